The van der Waals surface area contributed by atoms with Crippen LogP contribution in [-0.2, 0) is 0 Å². The van der Waals surface area contributed by atoms with Gasteiger partial charge in [-0.15, -0.1) is 0 Å². The van der Waals surface area contributed by atoms with E-state index in [9.17, 15) is 0 Å². The Hall–Kier alpha value is -0.760. The average Bonchev–Trinajstić information content (AvgIpc) is 2.41. The highest BCUT2D eigenvalue weighted by Gasteiger charge is 2.36. The summed E-state index contributed by atoms with van der Waals surface area (Å²) in [5, 5.41) is 3.70. The zero-order chi connectivity index (χ0) is 13.0. The van der Waals surface area contributed by atoms with Crippen LogP contribution in [0.2, 0.25) is 0 Å². The van der Waals surface area contributed by atoms with Gasteiger partial charge in [0.1, 0.15) is 0 Å². The van der Waals surface area contributed by atoms with E-state index in [0.29, 0.717) is 5.41 Å². The van der Waals surface area contributed by atoms with E-state index in [1.165, 1.54) is 51.0 Å². The van der Waals surface area contributed by atoms with Crippen LogP contribution >= 0.6 is 0 Å². The van der Waals surface area contributed by atoms with Crippen LogP contribution in [0.15, 0.2) is 23.4 Å². The molecule has 0 unspecified atom stereocenters. The van der Waals surface area contributed by atoms with Gasteiger partial charge < -0.3 is 10.2 Å². The van der Waals surface area contributed by atoms with Crippen molar-refractivity contribution in [2.75, 3.05) is 26.7 Å². The molecule has 2 heteroatoms. The smallest absolute Gasteiger partial charge is 0.0329 e. The third-order valence-corrected chi connectivity index (χ3v) is 4.62. The second-order valence-corrected chi connectivity index (χ2v) is 6.02. The fourth-order valence-corrected chi connectivity index (χ4v) is 3.19. The Morgan fingerprint density at radius 3 is 2.61 bits per heavy atom. The van der Waals surface area contributed by atoms with Crippen molar-refractivity contribution < 1.29 is 0 Å². The molecule has 18 heavy (non-hydrogen) atoms. The third-order valence-electron chi connectivity index (χ3n) is 4.62. The average molecular weight is 248 g/mol. The second kappa shape index (κ2) is 5.92. The maximum atomic E-state index is 3.70. The summed E-state index contributed by atoms with van der Waals surface area (Å²) < 4.78 is 0. The zero-order valence-electron chi connectivity index (χ0n) is 12.3. The lowest BCUT2D eigenvalue weighted by molar-refractivity contribution is 0.115. The molecule has 0 saturated carbocycles. The number of nitrogens with zero attached hydrogens (tertiary/aromatic N) is 1. The molecule has 0 aliphatic carbocycles. The molecule has 0 amide bonds. The van der Waals surface area contributed by atoms with Crippen LogP contribution in [0.1, 0.15) is 46.0 Å². The Bertz CT molecular complexity index is 333. The van der Waals surface area contributed by atoms with Crippen LogP contribution in [-0.4, -0.2) is 31.6 Å². The second-order valence-electron chi connectivity index (χ2n) is 6.02. The largest absolute Gasteiger partial charge is 0.385 e. The quantitative estimate of drug-likeness (QED) is 0.824. The van der Waals surface area contributed by atoms with Crippen molar-refractivity contribution >= 4 is 0 Å². The van der Waals surface area contributed by atoms with Gasteiger partial charge in [-0.2, -0.15) is 0 Å². The molecule has 1 spiro atoms. The zero-order valence-corrected chi connectivity index (χ0v) is 12.3. The summed E-state index contributed by atoms with van der Waals surface area (Å²) in [6, 6.07) is 0. The summed E-state index contributed by atoms with van der Waals surface area (Å²) in [4.78, 5) is 2.47. The van der Waals surface area contributed by atoms with Gasteiger partial charge in [0, 0.05) is 12.2 Å². The van der Waals surface area contributed by atoms with Crippen LogP contribution < -0.4 is 5.32 Å². The third kappa shape index (κ3) is 2.97. The number of rotatable bonds is 3. The van der Waals surface area contributed by atoms with E-state index in [0.717, 1.165) is 6.42 Å². The first kappa shape index (κ1) is 13.7. The van der Waals surface area contributed by atoms with E-state index in [4.69, 9.17) is 0 Å². The Morgan fingerprint density at radius 2 is 2.00 bits per heavy atom. The summed E-state index contributed by atoms with van der Waals surface area (Å²) in [5.41, 5.74) is 3.58. The number of hydrogen-bond donors (Lipinski definition) is 1. The monoisotopic (exact) mass is 248 g/mol. The van der Waals surface area contributed by atoms with E-state index in [2.05, 4.69) is 43.3 Å². The first-order valence-electron chi connectivity index (χ1n) is 7.50. The molecule has 0 aromatic rings. The van der Waals surface area contributed by atoms with E-state index in [1.54, 1.807) is 5.57 Å². The summed E-state index contributed by atoms with van der Waals surface area (Å²) in [5.74, 6) is 0. The van der Waals surface area contributed by atoms with Crippen LogP contribution in [0.4, 0.5) is 0 Å². The minimum Gasteiger partial charge on any atom is -0.385 e. The molecule has 2 nitrogen and oxygen atoms in total. The predicted octanol–water partition coefficient (Wildman–Crippen LogP) is 3.32. The SMILES string of the molecule is CC/C=C\C1=C(CC)CC2(CCN(C)CC2)CN1. The molecule has 102 valence electrons. The summed E-state index contributed by atoms with van der Waals surface area (Å²) in [6.07, 6.45) is 10.9. The maximum Gasteiger partial charge on any atom is 0.0329 e. The Balaban J connectivity index is 2.09. The van der Waals surface area contributed by atoms with Crippen molar-refractivity contribution in [2.45, 2.75) is 46.0 Å². The molecule has 2 heterocycles. The Kier molecular flexibility index (Phi) is 4.50. The number of piperidine rings is 1. The fraction of sp³-hybridized carbons (Fsp3) is 0.750. The molecule has 0 radical (unpaired) electrons. The number of nitrogens with one attached hydrogen (secondary N) is 1. The first-order chi connectivity index (χ1) is 8.69. The van der Waals surface area contributed by atoms with Gasteiger partial charge in [-0.3, -0.25) is 0 Å². The van der Waals surface area contributed by atoms with Crippen molar-refractivity contribution in [1.82, 2.24) is 10.2 Å². The van der Waals surface area contributed by atoms with Crippen LogP contribution in [0, 0.1) is 5.41 Å². The summed E-state index contributed by atoms with van der Waals surface area (Å²) in [6.45, 7) is 8.19. The number of allylic oxidation sites excluding steroid dienone is 3. The molecule has 1 fully saturated rings. The first-order valence-corrected chi connectivity index (χ1v) is 7.50. The summed E-state index contributed by atoms with van der Waals surface area (Å²) >= 11 is 0. The lowest BCUT2D eigenvalue weighted by Crippen LogP contribution is -2.46. The van der Waals surface area contributed by atoms with Crippen molar-refractivity contribution in [3.05, 3.63) is 23.4 Å². The van der Waals surface area contributed by atoms with Gasteiger partial charge in [-0.25, -0.2) is 0 Å². The van der Waals surface area contributed by atoms with Crippen molar-refractivity contribution in [3.8, 4) is 0 Å². The Labute approximate surface area is 112 Å². The van der Waals surface area contributed by atoms with E-state index in [1.807, 2.05) is 0 Å². The molecule has 1 saturated heterocycles. The highest BCUT2D eigenvalue weighted by Crippen LogP contribution is 2.40. The van der Waals surface area contributed by atoms with Gasteiger partial charge >= 0.3 is 0 Å². The standard InChI is InChI=1S/C16H28N2/c1-4-6-7-15-14(5-2)12-16(13-17-15)8-10-18(3)11-9-16/h6-7,17H,4-5,8-13H2,1-3H3/b7-6-. The van der Waals surface area contributed by atoms with E-state index in [-0.39, 0.29) is 0 Å². The van der Waals surface area contributed by atoms with E-state index < -0.39 is 0 Å². The van der Waals surface area contributed by atoms with E-state index >= 15 is 0 Å². The summed E-state index contributed by atoms with van der Waals surface area (Å²) in [7, 11) is 2.25. The molecule has 0 aromatic carbocycles. The van der Waals surface area contributed by atoms with Crippen molar-refractivity contribution in [2.24, 2.45) is 5.41 Å². The topological polar surface area (TPSA) is 15.3 Å². The van der Waals surface area contributed by atoms with Gasteiger partial charge in [0.05, 0.1) is 0 Å². The van der Waals surface area contributed by atoms with Crippen LogP contribution in [0.25, 0.3) is 0 Å². The lowest BCUT2D eigenvalue weighted by atomic mass is 9.71. The Morgan fingerprint density at radius 1 is 1.28 bits per heavy atom. The normalized spacial score (nSPS) is 24.8. The van der Waals surface area contributed by atoms with Crippen molar-refractivity contribution in [3.63, 3.8) is 0 Å². The highest BCUT2D eigenvalue weighted by atomic mass is 15.1. The van der Waals surface area contributed by atoms with Gasteiger partial charge in [-0.05, 0) is 69.3 Å². The van der Waals surface area contributed by atoms with Crippen LogP contribution in [0.3, 0.4) is 0 Å². The highest BCUT2D eigenvalue weighted by molar-refractivity contribution is 5.28. The molecule has 0 atom stereocenters. The minimum absolute atomic E-state index is 0.543. The molecule has 2 rings (SSSR count). The fourth-order valence-electron chi connectivity index (χ4n) is 3.19. The number of hydrogen-bond acceptors (Lipinski definition) is 2. The van der Waals surface area contributed by atoms with Gasteiger partial charge in [0.2, 0.25) is 0 Å². The molecular weight excluding hydrogens is 220 g/mol. The van der Waals surface area contributed by atoms with Crippen LogP contribution in [0.5, 0.6) is 0 Å². The maximum absolute atomic E-state index is 3.70. The molecular formula is C16H28N2. The minimum atomic E-state index is 0.543. The molecule has 0 bridgehead atoms. The molecule has 0 aromatic heterocycles. The molecule has 2 aliphatic heterocycles. The molecule has 1 N–H and O–H groups in total. The lowest BCUT2D eigenvalue weighted by Gasteiger charge is -2.44. The van der Waals surface area contributed by atoms with Gasteiger partial charge in [0.25, 0.3) is 0 Å². The van der Waals surface area contributed by atoms with Gasteiger partial charge in [0.15, 0.2) is 0 Å². The number of likely N-dealkylation sites (tertiary alicyclic amines) is 1. The predicted molar refractivity (Wildman–Crippen MR) is 78.5 cm³/mol. The molecule has 2 aliphatic rings. The van der Waals surface area contributed by atoms with Crippen molar-refractivity contribution in [1.29, 1.82) is 0 Å². The van der Waals surface area contributed by atoms with Gasteiger partial charge in [-0.1, -0.05) is 19.9 Å².